The number of aromatic nitrogens is 1. The van der Waals surface area contributed by atoms with Crippen LogP contribution in [0.1, 0.15) is 46.4 Å². The van der Waals surface area contributed by atoms with Gasteiger partial charge in [0.05, 0.1) is 0 Å². The van der Waals surface area contributed by atoms with E-state index in [1.807, 2.05) is 31.2 Å². The van der Waals surface area contributed by atoms with Gasteiger partial charge in [0.2, 0.25) is 11.8 Å². The number of nitrogens with zero attached hydrogens (tertiary/aromatic N) is 3. The molecule has 6 rings (SSSR count). The molecule has 2 atom stereocenters. The minimum absolute atomic E-state index is 0.0176. The molecule has 0 aliphatic carbocycles. The van der Waals surface area contributed by atoms with E-state index in [-0.39, 0.29) is 30.2 Å². The fraction of sp³-hybridized carbons (Fsp3) is 0.357. The monoisotopic (exact) mass is 502 g/mol. The van der Waals surface area contributed by atoms with Crippen LogP contribution in [0.2, 0.25) is 0 Å². The summed E-state index contributed by atoms with van der Waals surface area (Å²) in [5.74, 6) is -0.540. The normalized spacial score (nSPS) is 22.0. The van der Waals surface area contributed by atoms with Crippen LogP contribution in [0.5, 0.6) is 5.75 Å². The quantitative estimate of drug-likeness (QED) is 0.539. The van der Waals surface area contributed by atoms with E-state index in [1.165, 1.54) is 4.90 Å². The number of hydrogen-bond acceptors (Lipinski definition) is 6. The summed E-state index contributed by atoms with van der Waals surface area (Å²) in [6.45, 7) is 4.34. The van der Waals surface area contributed by atoms with Crippen molar-refractivity contribution in [2.75, 3.05) is 13.1 Å². The number of rotatable bonds is 5. The fourth-order valence-electron chi connectivity index (χ4n) is 5.55. The molecular formula is C28H27FN4O4. The van der Waals surface area contributed by atoms with Crippen molar-refractivity contribution in [3.63, 3.8) is 0 Å². The molecule has 1 aromatic heterocycles. The smallest absolute Gasteiger partial charge is 0.255 e. The molecule has 0 spiro atoms. The van der Waals surface area contributed by atoms with Gasteiger partial charge < -0.3 is 9.64 Å². The lowest BCUT2D eigenvalue weighted by Crippen LogP contribution is -2.52. The van der Waals surface area contributed by atoms with E-state index < -0.39 is 11.9 Å². The van der Waals surface area contributed by atoms with E-state index in [0.717, 1.165) is 35.2 Å². The predicted molar refractivity (Wildman–Crippen MR) is 133 cm³/mol. The molecule has 0 saturated carbocycles. The zero-order valence-electron chi connectivity index (χ0n) is 20.5. The predicted octanol–water partition coefficient (Wildman–Crippen LogP) is 3.10. The van der Waals surface area contributed by atoms with Crippen molar-refractivity contribution in [2.24, 2.45) is 0 Å². The summed E-state index contributed by atoms with van der Waals surface area (Å²) < 4.78 is 20.9. The maximum absolute atomic E-state index is 14.6. The van der Waals surface area contributed by atoms with E-state index in [0.29, 0.717) is 42.9 Å². The molecule has 2 aromatic carbocycles. The summed E-state index contributed by atoms with van der Waals surface area (Å²) in [6.07, 6.45) is 1.39. The Hall–Kier alpha value is -3.85. The third kappa shape index (κ3) is 4.55. The highest BCUT2D eigenvalue weighted by Gasteiger charge is 2.39. The van der Waals surface area contributed by atoms with Gasteiger partial charge in [-0.25, -0.2) is 4.39 Å². The van der Waals surface area contributed by atoms with Crippen LogP contribution in [-0.2, 0) is 22.7 Å². The Morgan fingerprint density at radius 2 is 1.97 bits per heavy atom. The SMILES string of the molecule is Cc1ccc2cc(CN3CC[C@H](Oc4ccc5c(c4)CN(C4CCC(=O)NC4=O)C5=O)C3)cc(F)c2n1. The Kier molecular flexibility index (Phi) is 5.87. The highest BCUT2D eigenvalue weighted by molar-refractivity contribution is 6.05. The first kappa shape index (κ1) is 23.5. The number of ether oxygens (including phenoxy) is 1. The molecule has 0 radical (unpaired) electrons. The van der Waals surface area contributed by atoms with Crippen molar-refractivity contribution in [1.82, 2.24) is 20.1 Å². The molecule has 3 aliphatic heterocycles. The maximum atomic E-state index is 14.6. The van der Waals surface area contributed by atoms with Crippen molar-refractivity contribution < 1.29 is 23.5 Å². The Labute approximate surface area is 213 Å². The Morgan fingerprint density at radius 1 is 1.11 bits per heavy atom. The first-order valence-electron chi connectivity index (χ1n) is 12.6. The minimum Gasteiger partial charge on any atom is -0.489 e. The third-order valence-electron chi connectivity index (χ3n) is 7.38. The molecule has 1 unspecified atom stereocenters. The number of piperidine rings is 1. The average molecular weight is 503 g/mol. The Bertz CT molecular complexity index is 1440. The van der Waals surface area contributed by atoms with Gasteiger partial charge in [-0.3, -0.25) is 29.6 Å². The molecule has 3 aromatic rings. The first-order valence-corrected chi connectivity index (χ1v) is 12.6. The lowest BCUT2D eigenvalue weighted by molar-refractivity contribution is -0.136. The standard InChI is InChI=1S/C28H27FN4O4/c1-16-2-3-18-10-17(11-23(29)26(18)30-16)13-32-9-8-21(15-32)37-20-4-5-22-19(12-20)14-33(28(22)36)24-6-7-25(34)31-27(24)35/h2-5,10-12,21,24H,6-9,13-15H2,1H3,(H,31,34,35)/t21-,24?/m0/s1. The van der Waals surface area contributed by atoms with Gasteiger partial charge in [0.25, 0.3) is 5.91 Å². The van der Waals surface area contributed by atoms with Crippen LogP contribution in [0.25, 0.3) is 10.9 Å². The van der Waals surface area contributed by atoms with E-state index >= 15 is 0 Å². The molecule has 0 bridgehead atoms. The molecule has 3 aliphatic rings. The number of hydrogen-bond donors (Lipinski definition) is 1. The molecule has 2 fully saturated rings. The molecule has 1 N–H and O–H groups in total. The van der Waals surface area contributed by atoms with Gasteiger partial charge in [-0.2, -0.15) is 0 Å². The fourth-order valence-corrected chi connectivity index (χ4v) is 5.55. The van der Waals surface area contributed by atoms with Crippen molar-refractivity contribution in [3.8, 4) is 5.75 Å². The second-order valence-corrected chi connectivity index (χ2v) is 10.1. The highest BCUT2D eigenvalue weighted by Crippen LogP contribution is 2.31. The van der Waals surface area contributed by atoms with Crippen LogP contribution in [0.3, 0.4) is 0 Å². The summed E-state index contributed by atoms with van der Waals surface area (Å²) in [4.78, 5) is 44.7. The number of carbonyl (C=O) groups excluding carboxylic acids is 3. The summed E-state index contributed by atoms with van der Waals surface area (Å²) in [5, 5.41) is 3.12. The van der Waals surface area contributed by atoms with E-state index in [4.69, 9.17) is 4.74 Å². The zero-order valence-corrected chi connectivity index (χ0v) is 20.5. The number of imide groups is 1. The van der Waals surface area contributed by atoms with Crippen LogP contribution in [-0.4, -0.2) is 57.7 Å². The van der Waals surface area contributed by atoms with E-state index in [2.05, 4.69) is 15.2 Å². The molecule has 8 nitrogen and oxygen atoms in total. The third-order valence-corrected chi connectivity index (χ3v) is 7.38. The molecule has 2 saturated heterocycles. The van der Waals surface area contributed by atoms with Gasteiger partial charge in [0, 0.05) is 49.2 Å². The van der Waals surface area contributed by atoms with E-state index in [1.54, 1.807) is 18.2 Å². The molecule has 190 valence electrons. The Balaban J connectivity index is 1.09. The van der Waals surface area contributed by atoms with Crippen molar-refractivity contribution >= 4 is 28.6 Å². The lowest BCUT2D eigenvalue weighted by Gasteiger charge is -2.29. The number of carbonyl (C=O) groups is 3. The van der Waals surface area contributed by atoms with Crippen LogP contribution in [0.15, 0.2) is 42.5 Å². The van der Waals surface area contributed by atoms with Gasteiger partial charge in [-0.1, -0.05) is 6.07 Å². The van der Waals surface area contributed by atoms with Crippen LogP contribution >= 0.6 is 0 Å². The number of aryl methyl sites for hydroxylation is 1. The maximum Gasteiger partial charge on any atom is 0.255 e. The number of amides is 3. The summed E-state index contributed by atoms with van der Waals surface area (Å²) in [5.41, 5.74) is 3.47. The number of pyridine rings is 1. The molecule has 3 amide bonds. The number of fused-ring (bicyclic) bond motifs is 2. The molecule has 4 heterocycles. The van der Waals surface area contributed by atoms with Gasteiger partial charge in [0.1, 0.15) is 29.2 Å². The van der Waals surface area contributed by atoms with Crippen LogP contribution in [0, 0.1) is 12.7 Å². The number of nitrogens with one attached hydrogen (secondary N) is 1. The van der Waals surface area contributed by atoms with Gasteiger partial charge in [-0.15, -0.1) is 0 Å². The topological polar surface area (TPSA) is 91.8 Å². The van der Waals surface area contributed by atoms with Crippen molar-refractivity contribution in [2.45, 2.75) is 51.4 Å². The van der Waals surface area contributed by atoms with Crippen LogP contribution in [0.4, 0.5) is 4.39 Å². The number of likely N-dealkylation sites (tertiary alicyclic amines) is 1. The highest BCUT2D eigenvalue weighted by atomic mass is 19.1. The Morgan fingerprint density at radius 3 is 2.81 bits per heavy atom. The summed E-state index contributed by atoms with van der Waals surface area (Å²) >= 11 is 0. The van der Waals surface area contributed by atoms with E-state index in [9.17, 15) is 18.8 Å². The molecule has 9 heteroatoms. The van der Waals surface area contributed by atoms with Crippen LogP contribution < -0.4 is 10.1 Å². The largest absolute Gasteiger partial charge is 0.489 e. The van der Waals surface area contributed by atoms with Crippen molar-refractivity contribution in [3.05, 3.63) is 70.7 Å². The zero-order chi connectivity index (χ0) is 25.7. The number of benzene rings is 2. The second kappa shape index (κ2) is 9.23. The summed E-state index contributed by atoms with van der Waals surface area (Å²) in [6, 6.07) is 12.1. The minimum atomic E-state index is -0.634. The first-order chi connectivity index (χ1) is 17.8. The van der Waals surface area contributed by atoms with Gasteiger partial charge in [-0.05, 0) is 67.3 Å². The average Bonchev–Trinajstić information content (AvgIpc) is 3.43. The second-order valence-electron chi connectivity index (χ2n) is 10.1. The summed E-state index contributed by atoms with van der Waals surface area (Å²) in [7, 11) is 0. The van der Waals surface area contributed by atoms with Crippen molar-refractivity contribution in [1.29, 1.82) is 0 Å². The van der Waals surface area contributed by atoms with Gasteiger partial charge in [0.15, 0.2) is 0 Å². The van der Waals surface area contributed by atoms with Gasteiger partial charge >= 0.3 is 0 Å². The molecule has 37 heavy (non-hydrogen) atoms. The molecular weight excluding hydrogens is 475 g/mol. The lowest BCUT2D eigenvalue weighted by atomic mass is 10.0. The number of halogens is 1.